The maximum atomic E-state index is 12.3. The van der Waals surface area contributed by atoms with E-state index in [1.807, 2.05) is 6.92 Å². The van der Waals surface area contributed by atoms with Crippen molar-refractivity contribution < 1.29 is 14.7 Å². The predicted molar refractivity (Wildman–Crippen MR) is 67.7 cm³/mol. The molecule has 1 aromatic rings. The number of carbonyl (C=O) groups excluding carboxylic acids is 1. The highest BCUT2D eigenvalue weighted by molar-refractivity contribution is 7.13. The Bertz CT molecular complexity index is 468. The Morgan fingerprint density at radius 3 is 2.72 bits per heavy atom. The lowest BCUT2D eigenvalue weighted by Gasteiger charge is -2.23. The number of aliphatic carboxylic acids is 1. The summed E-state index contributed by atoms with van der Waals surface area (Å²) in [5.74, 6) is -1.49. The normalized spacial score (nSPS) is 16.3. The van der Waals surface area contributed by atoms with Gasteiger partial charge < -0.3 is 10.0 Å². The minimum atomic E-state index is -0.867. The number of aromatic nitrogens is 1. The lowest BCUT2D eigenvalue weighted by molar-refractivity contribution is -0.141. The molecule has 1 saturated carbocycles. The minimum absolute atomic E-state index is 0.0869. The fourth-order valence-corrected chi connectivity index (χ4v) is 2.49. The van der Waals surface area contributed by atoms with Gasteiger partial charge in [0.2, 0.25) is 0 Å². The summed E-state index contributed by atoms with van der Waals surface area (Å²) in [6, 6.07) is 0.210. The van der Waals surface area contributed by atoms with Crippen LogP contribution in [0.5, 0.6) is 0 Å². The van der Waals surface area contributed by atoms with Crippen LogP contribution in [0, 0.1) is 12.8 Å². The molecule has 1 aliphatic carbocycles. The van der Waals surface area contributed by atoms with Gasteiger partial charge in [-0.25, -0.2) is 4.98 Å². The highest BCUT2D eigenvalue weighted by Gasteiger charge is 2.35. The zero-order valence-corrected chi connectivity index (χ0v) is 11.2. The Morgan fingerprint density at radius 1 is 1.61 bits per heavy atom. The maximum Gasteiger partial charge on any atom is 0.308 e. The van der Waals surface area contributed by atoms with Crippen molar-refractivity contribution in [3.8, 4) is 0 Å². The van der Waals surface area contributed by atoms with Crippen LogP contribution in [0.3, 0.4) is 0 Å². The van der Waals surface area contributed by atoms with Gasteiger partial charge in [0.25, 0.3) is 5.91 Å². The second kappa shape index (κ2) is 5.06. The van der Waals surface area contributed by atoms with Gasteiger partial charge in [0.1, 0.15) is 4.88 Å². The Balaban J connectivity index is 2.10. The van der Waals surface area contributed by atoms with E-state index in [2.05, 4.69) is 4.98 Å². The Labute approximate surface area is 109 Å². The molecular formula is C12H16N2O3S. The van der Waals surface area contributed by atoms with Crippen LogP contribution in [0.2, 0.25) is 0 Å². The van der Waals surface area contributed by atoms with E-state index in [1.165, 1.54) is 11.3 Å². The number of hydrogen-bond acceptors (Lipinski definition) is 4. The first-order chi connectivity index (χ1) is 8.49. The van der Waals surface area contributed by atoms with Crippen LogP contribution in [-0.4, -0.2) is 39.5 Å². The molecule has 0 aromatic carbocycles. The lowest BCUT2D eigenvalue weighted by Crippen LogP contribution is -2.38. The van der Waals surface area contributed by atoms with Crippen molar-refractivity contribution >= 4 is 23.2 Å². The molecule has 0 aliphatic heterocycles. The predicted octanol–water partition coefficient (Wildman–Crippen LogP) is 1.78. The SMILES string of the molecule is Cc1ncc(C(=O)N(CC(C)C(=O)O)C2CC2)s1. The summed E-state index contributed by atoms with van der Waals surface area (Å²) in [4.78, 5) is 29.5. The van der Waals surface area contributed by atoms with Crippen LogP contribution in [0.15, 0.2) is 6.20 Å². The molecule has 1 heterocycles. The minimum Gasteiger partial charge on any atom is -0.481 e. The summed E-state index contributed by atoms with van der Waals surface area (Å²) in [5, 5.41) is 9.79. The molecule has 18 heavy (non-hydrogen) atoms. The van der Waals surface area contributed by atoms with Gasteiger partial charge in [-0.15, -0.1) is 11.3 Å². The molecule has 1 fully saturated rings. The van der Waals surface area contributed by atoms with E-state index in [0.29, 0.717) is 4.88 Å². The summed E-state index contributed by atoms with van der Waals surface area (Å²) in [6.45, 7) is 3.75. The third kappa shape index (κ3) is 2.87. The van der Waals surface area contributed by atoms with Gasteiger partial charge in [0, 0.05) is 12.6 Å². The molecule has 2 rings (SSSR count). The lowest BCUT2D eigenvalue weighted by atomic mass is 10.1. The number of carboxylic acids is 1. The van der Waals surface area contributed by atoms with E-state index in [9.17, 15) is 9.59 Å². The van der Waals surface area contributed by atoms with E-state index < -0.39 is 11.9 Å². The summed E-state index contributed by atoms with van der Waals surface area (Å²) in [7, 11) is 0. The fraction of sp³-hybridized carbons (Fsp3) is 0.583. The average molecular weight is 268 g/mol. The molecule has 1 amide bonds. The van der Waals surface area contributed by atoms with E-state index >= 15 is 0 Å². The molecule has 1 atom stereocenters. The van der Waals surface area contributed by atoms with Crippen molar-refractivity contribution in [2.75, 3.05) is 6.54 Å². The van der Waals surface area contributed by atoms with E-state index in [1.54, 1.807) is 18.0 Å². The van der Waals surface area contributed by atoms with Crippen molar-refractivity contribution in [2.24, 2.45) is 5.92 Å². The van der Waals surface area contributed by atoms with E-state index in [4.69, 9.17) is 5.11 Å². The standard InChI is InChI=1S/C12H16N2O3S/c1-7(12(16)17)6-14(9-3-4-9)11(15)10-5-13-8(2)18-10/h5,7,9H,3-4,6H2,1-2H3,(H,16,17). The van der Waals surface area contributed by atoms with Crippen molar-refractivity contribution in [1.29, 1.82) is 0 Å². The number of carbonyl (C=O) groups is 2. The van der Waals surface area contributed by atoms with Crippen LogP contribution >= 0.6 is 11.3 Å². The number of nitrogens with zero attached hydrogens (tertiary/aromatic N) is 2. The van der Waals surface area contributed by atoms with Crippen molar-refractivity contribution in [2.45, 2.75) is 32.7 Å². The van der Waals surface area contributed by atoms with Gasteiger partial charge in [-0.3, -0.25) is 9.59 Å². The molecule has 98 valence electrons. The molecule has 5 nitrogen and oxygen atoms in total. The third-order valence-corrected chi connectivity index (χ3v) is 3.87. The monoisotopic (exact) mass is 268 g/mol. The molecule has 0 radical (unpaired) electrons. The van der Waals surface area contributed by atoms with Gasteiger partial charge in [-0.05, 0) is 19.8 Å². The summed E-state index contributed by atoms with van der Waals surface area (Å²) >= 11 is 1.36. The topological polar surface area (TPSA) is 70.5 Å². The van der Waals surface area contributed by atoms with Crippen molar-refractivity contribution in [3.05, 3.63) is 16.1 Å². The number of amides is 1. The van der Waals surface area contributed by atoms with E-state index in [-0.39, 0.29) is 18.5 Å². The number of carboxylic acid groups (broad SMARTS) is 1. The van der Waals surface area contributed by atoms with Crippen LogP contribution < -0.4 is 0 Å². The number of rotatable bonds is 5. The maximum absolute atomic E-state index is 12.3. The molecule has 6 heteroatoms. The first-order valence-corrected chi connectivity index (χ1v) is 6.77. The number of aryl methyl sites for hydroxylation is 1. The van der Waals surface area contributed by atoms with Crippen LogP contribution in [0.1, 0.15) is 34.4 Å². The third-order valence-electron chi connectivity index (χ3n) is 2.97. The number of hydrogen-bond donors (Lipinski definition) is 1. The molecular weight excluding hydrogens is 252 g/mol. The molecule has 0 spiro atoms. The average Bonchev–Trinajstić information content (AvgIpc) is 3.07. The molecule has 1 aliphatic rings. The van der Waals surface area contributed by atoms with Gasteiger partial charge in [0.05, 0.1) is 17.1 Å². The Hall–Kier alpha value is -1.43. The zero-order chi connectivity index (χ0) is 13.3. The fourth-order valence-electron chi connectivity index (χ4n) is 1.76. The summed E-state index contributed by atoms with van der Waals surface area (Å²) < 4.78 is 0. The quantitative estimate of drug-likeness (QED) is 0.883. The Morgan fingerprint density at radius 2 is 2.28 bits per heavy atom. The summed E-state index contributed by atoms with van der Waals surface area (Å²) in [6.07, 6.45) is 3.51. The smallest absolute Gasteiger partial charge is 0.308 e. The van der Waals surface area contributed by atoms with Crippen molar-refractivity contribution in [1.82, 2.24) is 9.88 Å². The first kappa shape index (κ1) is 13.0. The second-order valence-corrected chi connectivity index (χ2v) is 5.91. The molecule has 0 bridgehead atoms. The first-order valence-electron chi connectivity index (χ1n) is 5.95. The number of thiazole rings is 1. The van der Waals surface area contributed by atoms with E-state index in [0.717, 1.165) is 17.8 Å². The van der Waals surface area contributed by atoms with Crippen molar-refractivity contribution in [3.63, 3.8) is 0 Å². The largest absolute Gasteiger partial charge is 0.481 e. The molecule has 1 unspecified atom stereocenters. The van der Waals surface area contributed by atoms with Crippen LogP contribution in [0.25, 0.3) is 0 Å². The molecule has 1 N–H and O–H groups in total. The second-order valence-electron chi connectivity index (χ2n) is 4.67. The molecule has 1 aromatic heterocycles. The highest BCUT2D eigenvalue weighted by Crippen LogP contribution is 2.30. The highest BCUT2D eigenvalue weighted by atomic mass is 32.1. The van der Waals surface area contributed by atoms with Gasteiger partial charge >= 0.3 is 5.97 Å². The Kier molecular flexibility index (Phi) is 3.65. The van der Waals surface area contributed by atoms with Gasteiger partial charge in [0.15, 0.2) is 0 Å². The summed E-state index contributed by atoms with van der Waals surface area (Å²) in [5.41, 5.74) is 0. The van der Waals surface area contributed by atoms with Crippen LogP contribution in [-0.2, 0) is 4.79 Å². The zero-order valence-electron chi connectivity index (χ0n) is 10.4. The van der Waals surface area contributed by atoms with Crippen LogP contribution in [0.4, 0.5) is 0 Å². The van der Waals surface area contributed by atoms with Gasteiger partial charge in [-0.2, -0.15) is 0 Å². The molecule has 0 saturated heterocycles. The van der Waals surface area contributed by atoms with Gasteiger partial charge in [-0.1, -0.05) is 6.92 Å².